The number of hydrogen-bond donors (Lipinski definition) is 0. The highest BCUT2D eigenvalue weighted by Gasteiger charge is 2.69. The number of aromatic nitrogens is 3. The van der Waals surface area contributed by atoms with Gasteiger partial charge in [-0.15, -0.1) is 9.13 Å². The number of imidazole rings is 1. The lowest BCUT2D eigenvalue weighted by molar-refractivity contribution is -0.997. The SMILES string of the molecule is CC(C)c1cc2c(c(C(C)C)c1)OC13c4c(cc(C(C)(C)C)cc4-c4cc(-c5ccc(C(C)(C)C)cc5)cc[n+]41)-c1cccc4c1[n+]3c-2n4-c1ccc(C(C)(C)C(C)(C)C)cc1-c1ccccc1. The lowest BCUT2D eigenvalue weighted by Gasteiger charge is -2.39. The van der Waals surface area contributed by atoms with Crippen molar-refractivity contribution in [2.75, 3.05) is 0 Å². The van der Waals surface area contributed by atoms with Crippen LogP contribution in [0.4, 0.5) is 0 Å². The summed E-state index contributed by atoms with van der Waals surface area (Å²) in [4.78, 5) is 0. The third-order valence-corrected chi connectivity index (χ3v) is 16.3. The van der Waals surface area contributed by atoms with Gasteiger partial charge in [-0.2, -0.15) is 4.57 Å². The average Bonchev–Trinajstić information content (AvgIpc) is 3.79. The van der Waals surface area contributed by atoms with Crippen LogP contribution in [0, 0.1) is 5.41 Å². The van der Waals surface area contributed by atoms with Gasteiger partial charge in [-0.05, 0) is 120 Å². The van der Waals surface area contributed by atoms with E-state index in [0.29, 0.717) is 5.92 Å². The minimum Gasteiger partial charge on any atom is -0.392 e. The van der Waals surface area contributed by atoms with Gasteiger partial charge in [0.1, 0.15) is 16.8 Å². The van der Waals surface area contributed by atoms with Crippen molar-refractivity contribution >= 4 is 11.0 Å². The summed E-state index contributed by atoms with van der Waals surface area (Å²) in [6.45, 7) is 35.0. The highest BCUT2D eigenvalue weighted by molar-refractivity contribution is 5.98. The van der Waals surface area contributed by atoms with Crippen LogP contribution in [0.1, 0.15) is 149 Å². The summed E-state index contributed by atoms with van der Waals surface area (Å²) in [6.07, 6.45) is 2.32. The molecule has 5 heterocycles. The summed E-state index contributed by atoms with van der Waals surface area (Å²) in [5.41, 5.74) is 21.9. The van der Waals surface area contributed by atoms with E-state index < -0.39 is 5.85 Å². The molecule has 8 aromatic rings. The standard InChI is InChI=1S/C64H69N3O/c1-38(2)43-32-48(39(3)4)58-52(33-43)59-66(53-29-28-45(63(14,15)62(11,12)13)35-49(53)41-20-17-16-18-21-41)54-23-19-22-47-50-36-46(61(8,9)10)37-51-55-34-42(40-24-26-44(27-25-40)60(5,6)7)30-31-65(55)64(68-58,56(50)51)67(59)57(47)54/h16-39H,1-15H3/q+2. The first-order chi connectivity index (χ1) is 32.0. The molecule has 0 aliphatic carbocycles. The number of benzene rings is 6. The van der Waals surface area contributed by atoms with Crippen LogP contribution in [0.25, 0.3) is 72.7 Å². The first-order valence-corrected chi connectivity index (χ1v) is 25.1. The van der Waals surface area contributed by atoms with Crippen LogP contribution in [0.2, 0.25) is 0 Å². The Kier molecular flexibility index (Phi) is 9.52. The molecule has 0 saturated carbocycles. The van der Waals surface area contributed by atoms with E-state index in [9.17, 15) is 0 Å². The largest absolute Gasteiger partial charge is 0.499 e. The van der Waals surface area contributed by atoms with Crippen molar-refractivity contribution < 1.29 is 13.9 Å². The molecule has 344 valence electrons. The Morgan fingerprint density at radius 1 is 0.529 bits per heavy atom. The zero-order chi connectivity index (χ0) is 48.2. The van der Waals surface area contributed by atoms with Crippen LogP contribution >= 0.6 is 0 Å². The number of para-hydroxylation sites is 1. The van der Waals surface area contributed by atoms with Crippen molar-refractivity contribution in [2.45, 2.75) is 138 Å². The third kappa shape index (κ3) is 6.24. The minimum atomic E-state index is -1.06. The zero-order valence-corrected chi connectivity index (χ0v) is 43.1. The molecule has 11 rings (SSSR count). The van der Waals surface area contributed by atoms with Gasteiger partial charge in [-0.25, -0.2) is 0 Å². The quantitative estimate of drug-likeness (QED) is 0.152. The monoisotopic (exact) mass is 896 g/mol. The maximum atomic E-state index is 8.13. The molecule has 4 heteroatoms. The predicted molar refractivity (Wildman–Crippen MR) is 282 cm³/mol. The number of pyridine rings is 1. The summed E-state index contributed by atoms with van der Waals surface area (Å²) >= 11 is 0. The Bertz CT molecular complexity index is 3380. The zero-order valence-electron chi connectivity index (χ0n) is 43.1. The Hall–Kier alpha value is -6.26. The molecule has 0 amide bonds. The van der Waals surface area contributed by atoms with Crippen LogP contribution in [-0.4, -0.2) is 4.57 Å². The Labute approximate surface area is 405 Å². The third-order valence-electron chi connectivity index (χ3n) is 16.3. The fourth-order valence-corrected chi connectivity index (χ4v) is 11.2. The highest BCUT2D eigenvalue weighted by Crippen LogP contribution is 2.56. The van der Waals surface area contributed by atoms with E-state index in [4.69, 9.17) is 4.74 Å². The normalized spacial score (nSPS) is 16.0. The highest BCUT2D eigenvalue weighted by atomic mass is 16.5. The molecule has 0 N–H and O–H groups in total. The van der Waals surface area contributed by atoms with E-state index in [1.54, 1.807) is 0 Å². The molecule has 1 unspecified atom stereocenters. The van der Waals surface area contributed by atoms with Gasteiger partial charge in [0.15, 0.2) is 23.0 Å². The van der Waals surface area contributed by atoms with Gasteiger partial charge in [0.25, 0.3) is 0 Å². The summed E-state index contributed by atoms with van der Waals surface area (Å²) in [5.74, 6) is 1.57. The van der Waals surface area contributed by atoms with Gasteiger partial charge < -0.3 is 4.74 Å². The van der Waals surface area contributed by atoms with Crippen LogP contribution < -0.4 is 13.9 Å². The second kappa shape index (κ2) is 14.6. The summed E-state index contributed by atoms with van der Waals surface area (Å²) < 4.78 is 15.8. The first kappa shape index (κ1) is 44.3. The van der Waals surface area contributed by atoms with Crippen molar-refractivity contribution in [2.24, 2.45) is 5.41 Å². The predicted octanol–water partition coefficient (Wildman–Crippen LogP) is 15.9. The molecule has 0 bridgehead atoms. The van der Waals surface area contributed by atoms with Gasteiger partial charge in [0.2, 0.25) is 5.69 Å². The molecule has 0 saturated heterocycles. The fourth-order valence-electron chi connectivity index (χ4n) is 11.2. The number of rotatable bonds is 6. The molecule has 2 aromatic heterocycles. The molecule has 0 fully saturated rings. The van der Waals surface area contributed by atoms with Crippen molar-refractivity contribution in [1.82, 2.24) is 4.57 Å². The summed E-state index contributed by atoms with van der Waals surface area (Å²) in [6, 6.07) is 49.1. The van der Waals surface area contributed by atoms with Gasteiger partial charge >= 0.3 is 11.7 Å². The van der Waals surface area contributed by atoms with Crippen LogP contribution in [-0.2, 0) is 22.1 Å². The van der Waals surface area contributed by atoms with Gasteiger partial charge in [0, 0.05) is 28.8 Å². The van der Waals surface area contributed by atoms with E-state index in [2.05, 4.69) is 251 Å². The molecule has 3 aliphatic heterocycles. The second-order valence-electron chi connectivity index (χ2n) is 24.3. The molecular weight excluding hydrogens is 827 g/mol. The Morgan fingerprint density at radius 2 is 1.19 bits per heavy atom. The first-order valence-electron chi connectivity index (χ1n) is 25.1. The molecule has 3 aliphatic rings. The van der Waals surface area contributed by atoms with E-state index in [1.165, 1.54) is 77.8 Å². The van der Waals surface area contributed by atoms with Crippen molar-refractivity contribution in [3.63, 3.8) is 0 Å². The summed E-state index contributed by atoms with van der Waals surface area (Å²) in [5, 5.41) is 0. The van der Waals surface area contributed by atoms with Crippen molar-refractivity contribution in [3.8, 4) is 67.5 Å². The molecule has 4 nitrogen and oxygen atoms in total. The van der Waals surface area contributed by atoms with Gasteiger partial charge in [-0.1, -0.05) is 177 Å². The molecule has 68 heavy (non-hydrogen) atoms. The van der Waals surface area contributed by atoms with Gasteiger partial charge in [-0.3, -0.25) is 0 Å². The minimum absolute atomic E-state index is 0.0344. The smallest absolute Gasteiger partial charge is 0.392 e. The number of hydrogen-bond acceptors (Lipinski definition) is 1. The summed E-state index contributed by atoms with van der Waals surface area (Å²) in [7, 11) is 0. The van der Waals surface area contributed by atoms with E-state index in [1.807, 2.05) is 0 Å². The van der Waals surface area contributed by atoms with E-state index in [0.717, 1.165) is 34.0 Å². The Balaban J connectivity index is 1.31. The van der Waals surface area contributed by atoms with E-state index >= 15 is 0 Å². The number of fused-ring (bicyclic) bond motifs is 5. The average molecular weight is 896 g/mol. The fraction of sp³-hybridized carbons (Fsp3) is 0.344. The van der Waals surface area contributed by atoms with E-state index in [-0.39, 0.29) is 27.6 Å². The second-order valence-corrected chi connectivity index (χ2v) is 24.3. The maximum Gasteiger partial charge on any atom is 0.499 e. The molecule has 1 atom stereocenters. The number of nitrogens with zero attached hydrogens (tertiary/aromatic N) is 3. The van der Waals surface area contributed by atoms with Crippen LogP contribution in [0.15, 0.2) is 134 Å². The maximum absolute atomic E-state index is 8.13. The molecule has 6 aromatic carbocycles. The Morgan fingerprint density at radius 3 is 1.84 bits per heavy atom. The lowest BCUT2D eigenvalue weighted by Crippen LogP contribution is -2.78. The lowest BCUT2D eigenvalue weighted by atomic mass is 9.65. The topological polar surface area (TPSA) is 21.9 Å². The van der Waals surface area contributed by atoms with Crippen molar-refractivity contribution in [1.29, 1.82) is 0 Å². The van der Waals surface area contributed by atoms with Crippen molar-refractivity contribution in [3.05, 3.63) is 167 Å². The van der Waals surface area contributed by atoms with Crippen LogP contribution in [0.5, 0.6) is 5.75 Å². The number of ether oxygens (including phenoxy) is 1. The van der Waals surface area contributed by atoms with Crippen LogP contribution in [0.3, 0.4) is 0 Å². The molecule has 1 spiro atoms. The molecular formula is C64H69N3O+2. The molecule has 0 radical (unpaired) electrons. The van der Waals surface area contributed by atoms with Gasteiger partial charge in [0.05, 0.1) is 5.56 Å².